The predicted molar refractivity (Wildman–Crippen MR) is 153 cm³/mol. The fourth-order valence-electron chi connectivity index (χ4n) is 6.60. The molecule has 2 aromatic rings. The number of amides is 1. The van der Waals surface area contributed by atoms with Gasteiger partial charge < -0.3 is 19.3 Å². The van der Waals surface area contributed by atoms with Gasteiger partial charge in [0.2, 0.25) is 5.91 Å². The van der Waals surface area contributed by atoms with E-state index in [9.17, 15) is 13.6 Å². The van der Waals surface area contributed by atoms with Crippen molar-refractivity contribution in [2.45, 2.75) is 50.9 Å². The van der Waals surface area contributed by atoms with Gasteiger partial charge in [0, 0.05) is 88.8 Å². The number of piperazine rings is 1. The highest BCUT2D eigenvalue weighted by Gasteiger charge is 2.42. The van der Waals surface area contributed by atoms with Crippen LogP contribution in [0.1, 0.15) is 38.2 Å². The van der Waals surface area contributed by atoms with Crippen molar-refractivity contribution in [3.63, 3.8) is 0 Å². The number of fused-ring (bicyclic) bond motifs is 1. The van der Waals surface area contributed by atoms with Gasteiger partial charge in [-0.2, -0.15) is 13.9 Å². The summed E-state index contributed by atoms with van der Waals surface area (Å²) in [5.41, 5.74) is 3.79. The van der Waals surface area contributed by atoms with Crippen LogP contribution in [0, 0.1) is 11.8 Å². The van der Waals surface area contributed by atoms with Crippen LogP contribution in [0.25, 0.3) is 5.52 Å². The van der Waals surface area contributed by atoms with Crippen LogP contribution in [0.2, 0.25) is 0 Å². The molecule has 0 bridgehead atoms. The first-order valence-corrected chi connectivity index (χ1v) is 14.8. The molecule has 11 heteroatoms. The van der Waals surface area contributed by atoms with Crippen molar-refractivity contribution in [3.05, 3.63) is 42.2 Å². The normalized spacial score (nSPS) is 24.2. The van der Waals surface area contributed by atoms with Crippen LogP contribution in [0.15, 0.2) is 41.7 Å². The van der Waals surface area contributed by atoms with Gasteiger partial charge in [0.05, 0.1) is 29.1 Å². The molecule has 1 aliphatic carbocycles. The summed E-state index contributed by atoms with van der Waals surface area (Å²) in [5, 5.41) is 4.55. The summed E-state index contributed by atoms with van der Waals surface area (Å²) in [6, 6.07) is 4.14. The minimum atomic E-state index is -2.74. The number of rotatable bonds is 9. The standard InChI is InChI=1S/C30H40F2N6O3/c1-21(20-41-29(31)32)35-11-8-30(40-2,9-12-35)24-5-6-25(33-18-24)23-17-27-26(7-10-34-38(27)19-23)36-13-15-37(16-14-36)28(39)22-3-4-22/h5-7,10,17,19,21-22,24,29H,3-4,8-9,11-16,18,20H2,1-2H3/t21-,24?/m1/s1. The topological polar surface area (TPSA) is 74.9 Å². The highest BCUT2D eigenvalue weighted by molar-refractivity contribution is 6.10. The Morgan fingerprint density at radius 3 is 2.54 bits per heavy atom. The van der Waals surface area contributed by atoms with Gasteiger partial charge in [-0.1, -0.05) is 6.08 Å². The third kappa shape index (κ3) is 5.89. The van der Waals surface area contributed by atoms with Gasteiger partial charge in [-0.05, 0) is 50.8 Å². The van der Waals surface area contributed by atoms with E-state index in [-0.39, 0.29) is 30.1 Å². The Hall–Kier alpha value is -2.89. The highest BCUT2D eigenvalue weighted by atomic mass is 19.3. The molecule has 2 aromatic heterocycles. The van der Waals surface area contributed by atoms with Crippen LogP contribution >= 0.6 is 0 Å². The summed E-state index contributed by atoms with van der Waals surface area (Å²) in [4.78, 5) is 24.0. The van der Waals surface area contributed by atoms with Crippen LogP contribution in [-0.4, -0.2) is 109 Å². The maximum absolute atomic E-state index is 12.5. The molecule has 0 aromatic carbocycles. The monoisotopic (exact) mass is 570 g/mol. The summed E-state index contributed by atoms with van der Waals surface area (Å²) in [6.07, 6.45) is 11.9. The van der Waals surface area contributed by atoms with Crippen molar-refractivity contribution in [3.8, 4) is 0 Å². The summed E-state index contributed by atoms with van der Waals surface area (Å²) in [6.45, 7) is 4.53. The number of likely N-dealkylation sites (tertiary alicyclic amines) is 1. The number of methoxy groups -OCH3 is 1. The second-order valence-corrected chi connectivity index (χ2v) is 11.8. The van der Waals surface area contributed by atoms with Crippen LogP contribution in [0.4, 0.5) is 14.5 Å². The van der Waals surface area contributed by atoms with E-state index in [4.69, 9.17) is 9.73 Å². The molecular formula is C30H40F2N6O3. The molecule has 0 radical (unpaired) electrons. The molecule has 4 aliphatic rings. The number of aromatic nitrogens is 2. The van der Waals surface area contributed by atoms with Crippen LogP contribution in [0.5, 0.6) is 0 Å². The van der Waals surface area contributed by atoms with Crippen LogP contribution in [-0.2, 0) is 14.3 Å². The molecule has 9 nitrogen and oxygen atoms in total. The van der Waals surface area contributed by atoms with Crippen LogP contribution in [0.3, 0.4) is 0 Å². The maximum Gasteiger partial charge on any atom is 0.345 e. The first-order chi connectivity index (χ1) is 19.9. The molecule has 222 valence electrons. The van der Waals surface area contributed by atoms with E-state index in [0.29, 0.717) is 12.5 Å². The zero-order valence-corrected chi connectivity index (χ0v) is 23.9. The number of piperidine rings is 1. The molecule has 0 N–H and O–H groups in total. The average molecular weight is 571 g/mol. The lowest BCUT2D eigenvalue weighted by molar-refractivity contribution is -0.146. The second-order valence-electron chi connectivity index (χ2n) is 11.8. The number of halogens is 2. The van der Waals surface area contributed by atoms with E-state index in [1.807, 2.05) is 28.7 Å². The lowest BCUT2D eigenvalue weighted by Crippen LogP contribution is -2.53. The third-order valence-electron chi connectivity index (χ3n) is 9.40. The SMILES string of the molecule is COC1(C2C=CC(c3cc4c(N5CCN(C(=O)C6CC6)CC5)ccnn4c3)=NC2)CCN([C@H](C)COC(F)F)CC1. The van der Waals surface area contributed by atoms with Crippen molar-refractivity contribution < 1.29 is 23.0 Å². The van der Waals surface area contributed by atoms with Crippen LogP contribution < -0.4 is 4.90 Å². The molecule has 5 heterocycles. The summed E-state index contributed by atoms with van der Waals surface area (Å²) in [7, 11) is 1.77. The van der Waals surface area contributed by atoms with E-state index in [2.05, 4.69) is 43.9 Å². The number of dihydropyridines is 1. The van der Waals surface area contributed by atoms with Gasteiger partial charge in [0.1, 0.15) is 0 Å². The van der Waals surface area contributed by atoms with Gasteiger partial charge in [-0.15, -0.1) is 0 Å². The van der Waals surface area contributed by atoms with E-state index >= 15 is 0 Å². The average Bonchev–Trinajstić information content (AvgIpc) is 3.77. The molecule has 3 aliphatic heterocycles. The number of hydrogen-bond donors (Lipinski definition) is 0. The summed E-state index contributed by atoms with van der Waals surface area (Å²) in [5.74, 6) is 0.734. The summed E-state index contributed by atoms with van der Waals surface area (Å²) >= 11 is 0. The predicted octanol–water partition coefficient (Wildman–Crippen LogP) is 3.48. The van der Waals surface area contributed by atoms with Crippen molar-refractivity contribution in [1.29, 1.82) is 0 Å². The van der Waals surface area contributed by atoms with Gasteiger partial charge in [-0.25, -0.2) is 4.52 Å². The molecule has 2 atom stereocenters. The molecule has 41 heavy (non-hydrogen) atoms. The number of carbonyl (C=O) groups is 1. The number of aliphatic imine (C=N–C) groups is 1. The third-order valence-corrected chi connectivity index (χ3v) is 9.40. The Labute approximate surface area is 239 Å². The number of carbonyl (C=O) groups excluding carboxylic acids is 1. The van der Waals surface area contributed by atoms with E-state index < -0.39 is 6.61 Å². The quantitative estimate of drug-likeness (QED) is 0.460. The first kappa shape index (κ1) is 28.2. The second kappa shape index (κ2) is 11.8. The Kier molecular flexibility index (Phi) is 8.11. The Bertz CT molecular complexity index is 1290. The van der Waals surface area contributed by atoms with Gasteiger partial charge >= 0.3 is 6.61 Å². The molecule has 6 rings (SSSR count). The molecule has 2 saturated heterocycles. The number of nitrogens with zero attached hydrogens (tertiary/aromatic N) is 6. The van der Waals surface area contributed by atoms with E-state index in [0.717, 1.165) is 87.4 Å². The lowest BCUT2D eigenvalue weighted by atomic mass is 9.77. The Morgan fingerprint density at radius 1 is 1.15 bits per heavy atom. The maximum atomic E-state index is 12.5. The first-order valence-electron chi connectivity index (χ1n) is 14.8. The zero-order chi connectivity index (χ0) is 28.6. The largest absolute Gasteiger partial charge is 0.377 e. The Morgan fingerprint density at radius 2 is 1.90 bits per heavy atom. The van der Waals surface area contributed by atoms with Crippen molar-refractivity contribution in [1.82, 2.24) is 19.4 Å². The van der Waals surface area contributed by atoms with E-state index in [1.165, 1.54) is 0 Å². The fourth-order valence-corrected chi connectivity index (χ4v) is 6.60. The van der Waals surface area contributed by atoms with Gasteiger partial charge in [0.15, 0.2) is 0 Å². The lowest BCUT2D eigenvalue weighted by Gasteiger charge is -2.46. The Balaban J connectivity index is 1.10. The smallest absolute Gasteiger partial charge is 0.345 e. The molecule has 1 amide bonds. The zero-order valence-electron chi connectivity index (χ0n) is 23.9. The number of allylic oxidation sites excluding steroid dienone is 1. The van der Waals surface area contributed by atoms with Crippen molar-refractivity contribution in [2.75, 3.05) is 64.4 Å². The fraction of sp³-hybridized carbons (Fsp3) is 0.633. The van der Waals surface area contributed by atoms with Gasteiger partial charge in [0.25, 0.3) is 0 Å². The molecule has 0 spiro atoms. The van der Waals surface area contributed by atoms with Gasteiger partial charge in [-0.3, -0.25) is 14.7 Å². The molecule has 1 unspecified atom stereocenters. The summed E-state index contributed by atoms with van der Waals surface area (Å²) < 4.78 is 37.5. The number of anilines is 1. The van der Waals surface area contributed by atoms with Crippen molar-refractivity contribution in [2.24, 2.45) is 16.8 Å². The number of hydrogen-bond acceptors (Lipinski definition) is 7. The minimum absolute atomic E-state index is 0.0213. The van der Waals surface area contributed by atoms with Crippen molar-refractivity contribution >= 4 is 22.8 Å². The molecular weight excluding hydrogens is 530 g/mol. The molecule has 1 saturated carbocycles. The number of alkyl halides is 2. The number of ether oxygens (including phenoxy) is 2. The minimum Gasteiger partial charge on any atom is -0.377 e. The molecule has 3 fully saturated rings. The highest BCUT2D eigenvalue weighted by Crippen LogP contribution is 2.37. The van der Waals surface area contributed by atoms with E-state index in [1.54, 1.807) is 7.11 Å².